The molecule has 1 amide bonds. The highest BCUT2D eigenvalue weighted by molar-refractivity contribution is 8.00. The fourth-order valence-electron chi connectivity index (χ4n) is 1.63. The molecule has 1 saturated heterocycles. The number of aliphatic carboxylic acids is 1. The van der Waals surface area contributed by atoms with Gasteiger partial charge in [-0.3, -0.25) is 4.79 Å². The summed E-state index contributed by atoms with van der Waals surface area (Å²) in [5.74, 6) is -0.552. The lowest BCUT2D eigenvalue weighted by atomic mass is 10.2. The number of hydrogen-bond donors (Lipinski definition) is 3. The first-order chi connectivity index (χ1) is 8.68. The number of hydrogen-bond acceptors (Lipinski definition) is 5. The third-order valence-corrected chi connectivity index (χ3v) is 3.90. The molecule has 1 fully saturated rings. The van der Waals surface area contributed by atoms with E-state index in [1.54, 1.807) is 11.8 Å². The maximum atomic E-state index is 11.5. The highest BCUT2D eigenvalue weighted by Crippen LogP contribution is 2.19. The summed E-state index contributed by atoms with van der Waals surface area (Å²) < 4.78 is 4.81. The van der Waals surface area contributed by atoms with Crippen molar-refractivity contribution in [2.24, 2.45) is 0 Å². The van der Waals surface area contributed by atoms with Gasteiger partial charge in [0.2, 0.25) is 5.91 Å². The number of thioether (sulfide) groups is 1. The van der Waals surface area contributed by atoms with E-state index < -0.39 is 5.97 Å². The summed E-state index contributed by atoms with van der Waals surface area (Å²) in [7, 11) is 0. The first kappa shape index (κ1) is 15.3. The van der Waals surface area contributed by atoms with E-state index >= 15 is 0 Å². The third kappa shape index (κ3) is 7.52. The number of ether oxygens (including phenoxy) is 1. The number of carboxylic acids is 1. The molecule has 3 N–H and O–H groups in total. The van der Waals surface area contributed by atoms with E-state index in [4.69, 9.17) is 9.84 Å². The van der Waals surface area contributed by atoms with Gasteiger partial charge >= 0.3 is 5.97 Å². The fourth-order valence-corrected chi connectivity index (χ4v) is 2.69. The predicted molar refractivity (Wildman–Crippen MR) is 69.8 cm³/mol. The van der Waals surface area contributed by atoms with Gasteiger partial charge in [0, 0.05) is 11.8 Å². The Kier molecular flexibility index (Phi) is 7.79. The lowest BCUT2D eigenvalue weighted by molar-refractivity contribution is -0.142. The van der Waals surface area contributed by atoms with Crippen LogP contribution in [0.4, 0.5) is 0 Å². The molecule has 0 aromatic heterocycles. The zero-order valence-corrected chi connectivity index (χ0v) is 11.1. The Bertz CT molecular complexity index is 270. The van der Waals surface area contributed by atoms with Crippen molar-refractivity contribution in [2.45, 2.75) is 18.1 Å². The Hall–Kier alpha value is -0.790. The van der Waals surface area contributed by atoms with Gasteiger partial charge in [-0.2, -0.15) is 0 Å². The maximum absolute atomic E-state index is 11.5. The number of carbonyl (C=O) groups excluding carboxylic acids is 1. The van der Waals surface area contributed by atoms with Gasteiger partial charge in [0.1, 0.15) is 6.61 Å². The van der Waals surface area contributed by atoms with Crippen LogP contribution in [0.25, 0.3) is 0 Å². The van der Waals surface area contributed by atoms with Crippen molar-refractivity contribution in [2.75, 3.05) is 38.6 Å². The van der Waals surface area contributed by atoms with E-state index in [1.807, 2.05) is 0 Å². The first-order valence-corrected chi connectivity index (χ1v) is 7.12. The number of rotatable bonds is 8. The van der Waals surface area contributed by atoms with Crippen LogP contribution in [0.5, 0.6) is 0 Å². The average Bonchev–Trinajstić information content (AvgIpc) is 2.37. The van der Waals surface area contributed by atoms with Gasteiger partial charge in [-0.1, -0.05) is 0 Å². The molecule has 0 bridgehead atoms. The van der Waals surface area contributed by atoms with E-state index in [0.717, 1.165) is 25.9 Å². The SMILES string of the molecule is O=C(O)COCCNC(=O)CSC1CCNCC1. The Labute approximate surface area is 111 Å². The summed E-state index contributed by atoms with van der Waals surface area (Å²) in [6, 6.07) is 0. The first-order valence-electron chi connectivity index (χ1n) is 6.07. The van der Waals surface area contributed by atoms with Crippen LogP contribution in [0.3, 0.4) is 0 Å². The molecule has 0 saturated carbocycles. The summed E-state index contributed by atoms with van der Waals surface area (Å²) in [4.78, 5) is 21.6. The summed E-state index contributed by atoms with van der Waals surface area (Å²) in [5.41, 5.74) is 0. The Balaban J connectivity index is 1.94. The van der Waals surface area contributed by atoms with Gasteiger partial charge in [0.25, 0.3) is 0 Å². The molecule has 0 radical (unpaired) electrons. The second-order valence-corrected chi connectivity index (χ2v) is 5.35. The highest BCUT2D eigenvalue weighted by atomic mass is 32.2. The molecule has 18 heavy (non-hydrogen) atoms. The monoisotopic (exact) mass is 276 g/mol. The smallest absolute Gasteiger partial charge is 0.329 e. The van der Waals surface area contributed by atoms with Gasteiger partial charge in [-0.15, -0.1) is 11.8 Å². The molecule has 0 aliphatic carbocycles. The Morgan fingerprint density at radius 2 is 2.11 bits per heavy atom. The maximum Gasteiger partial charge on any atom is 0.329 e. The van der Waals surface area contributed by atoms with E-state index in [2.05, 4.69) is 10.6 Å². The summed E-state index contributed by atoms with van der Waals surface area (Å²) in [5, 5.41) is 14.9. The number of carbonyl (C=O) groups is 2. The van der Waals surface area contributed by atoms with Crippen LogP contribution in [0.1, 0.15) is 12.8 Å². The zero-order valence-electron chi connectivity index (χ0n) is 10.3. The molecule has 0 aromatic carbocycles. The van der Waals surface area contributed by atoms with Crippen LogP contribution >= 0.6 is 11.8 Å². The Morgan fingerprint density at radius 1 is 1.39 bits per heavy atom. The number of nitrogens with one attached hydrogen (secondary N) is 2. The predicted octanol–water partition coefficient (Wildman–Crippen LogP) is -0.311. The molecule has 6 nitrogen and oxygen atoms in total. The molecule has 1 rings (SSSR count). The molecule has 1 heterocycles. The lowest BCUT2D eigenvalue weighted by Crippen LogP contribution is -2.32. The van der Waals surface area contributed by atoms with Crippen LogP contribution in [0, 0.1) is 0 Å². The molecule has 0 aromatic rings. The van der Waals surface area contributed by atoms with Crippen molar-refractivity contribution in [3.8, 4) is 0 Å². The average molecular weight is 276 g/mol. The summed E-state index contributed by atoms with van der Waals surface area (Å²) in [6.45, 7) is 2.33. The van der Waals surface area contributed by atoms with Gasteiger partial charge in [-0.25, -0.2) is 4.79 Å². The van der Waals surface area contributed by atoms with Crippen molar-refractivity contribution in [1.29, 1.82) is 0 Å². The molecule has 7 heteroatoms. The van der Waals surface area contributed by atoms with Crippen molar-refractivity contribution in [3.63, 3.8) is 0 Å². The van der Waals surface area contributed by atoms with E-state index in [-0.39, 0.29) is 19.1 Å². The summed E-state index contributed by atoms with van der Waals surface area (Å²) >= 11 is 1.69. The highest BCUT2D eigenvalue weighted by Gasteiger charge is 2.14. The van der Waals surface area contributed by atoms with Crippen molar-refractivity contribution < 1.29 is 19.4 Å². The fraction of sp³-hybridized carbons (Fsp3) is 0.818. The van der Waals surface area contributed by atoms with Crippen molar-refractivity contribution >= 4 is 23.6 Å². The minimum atomic E-state index is -0.997. The molecule has 1 aliphatic heterocycles. The van der Waals surface area contributed by atoms with E-state index in [1.165, 1.54) is 0 Å². The second-order valence-electron chi connectivity index (χ2n) is 4.06. The second kappa shape index (κ2) is 9.18. The molecule has 0 spiro atoms. The van der Waals surface area contributed by atoms with Crippen molar-refractivity contribution in [3.05, 3.63) is 0 Å². The van der Waals surface area contributed by atoms with Crippen LogP contribution in [-0.4, -0.2) is 60.8 Å². The van der Waals surface area contributed by atoms with Crippen LogP contribution < -0.4 is 10.6 Å². The van der Waals surface area contributed by atoms with E-state index in [0.29, 0.717) is 17.5 Å². The van der Waals surface area contributed by atoms with Gasteiger partial charge < -0.3 is 20.5 Å². The van der Waals surface area contributed by atoms with Crippen LogP contribution in [0.2, 0.25) is 0 Å². The molecular weight excluding hydrogens is 256 g/mol. The van der Waals surface area contributed by atoms with Crippen LogP contribution in [0.15, 0.2) is 0 Å². The molecule has 104 valence electrons. The molecule has 0 atom stereocenters. The molecule has 0 unspecified atom stereocenters. The Morgan fingerprint density at radius 3 is 2.78 bits per heavy atom. The number of piperidine rings is 1. The quantitative estimate of drug-likeness (QED) is 0.527. The molecular formula is C11H20N2O4S. The van der Waals surface area contributed by atoms with Crippen LogP contribution in [-0.2, 0) is 14.3 Å². The summed E-state index contributed by atoms with van der Waals surface area (Å²) in [6.07, 6.45) is 2.22. The van der Waals surface area contributed by atoms with Gasteiger partial charge in [0.05, 0.1) is 12.4 Å². The minimum Gasteiger partial charge on any atom is -0.480 e. The number of carboxylic acid groups (broad SMARTS) is 1. The number of amides is 1. The lowest BCUT2D eigenvalue weighted by Gasteiger charge is -2.21. The topological polar surface area (TPSA) is 87.7 Å². The largest absolute Gasteiger partial charge is 0.480 e. The minimum absolute atomic E-state index is 0.0162. The van der Waals surface area contributed by atoms with E-state index in [9.17, 15) is 9.59 Å². The van der Waals surface area contributed by atoms with Crippen molar-refractivity contribution in [1.82, 2.24) is 10.6 Å². The normalized spacial score (nSPS) is 16.4. The standard InChI is InChI=1S/C11H20N2O4S/c14-10(13-5-6-17-7-11(15)16)8-18-9-1-3-12-4-2-9/h9,12H,1-8H2,(H,13,14)(H,15,16). The molecule has 1 aliphatic rings. The van der Waals surface area contributed by atoms with Gasteiger partial charge in [-0.05, 0) is 25.9 Å². The zero-order chi connectivity index (χ0) is 13.2. The van der Waals surface area contributed by atoms with Gasteiger partial charge in [0.15, 0.2) is 0 Å². The third-order valence-electron chi connectivity index (χ3n) is 2.53.